The molecule has 0 radical (unpaired) electrons. The van der Waals surface area contributed by atoms with Crippen LogP contribution in [0.1, 0.15) is 25.7 Å². The van der Waals surface area contributed by atoms with E-state index in [4.69, 9.17) is 10.5 Å². The first-order valence-corrected chi connectivity index (χ1v) is 9.98. The van der Waals surface area contributed by atoms with Crippen molar-refractivity contribution >= 4 is 29.0 Å². The van der Waals surface area contributed by atoms with Gasteiger partial charge in [-0.3, -0.25) is 9.59 Å². The third-order valence-electron chi connectivity index (χ3n) is 5.24. The highest BCUT2D eigenvalue weighted by atomic mass is 16.5. The maximum absolute atomic E-state index is 11.4. The number of nitrogens with two attached hydrogens (primary N) is 1. The van der Waals surface area contributed by atoms with Crippen LogP contribution in [0.5, 0.6) is 5.75 Å². The number of anilines is 1. The summed E-state index contributed by atoms with van der Waals surface area (Å²) >= 11 is 0. The van der Waals surface area contributed by atoms with E-state index in [2.05, 4.69) is 30.3 Å². The predicted molar refractivity (Wildman–Crippen MR) is 111 cm³/mol. The van der Waals surface area contributed by atoms with E-state index in [0.29, 0.717) is 29.3 Å². The third kappa shape index (κ3) is 4.71. The lowest BCUT2D eigenvalue weighted by molar-refractivity contribution is -0.141. The van der Waals surface area contributed by atoms with Gasteiger partial charge in [0.05, 0.1) is 32.0 Å². The molecule has 0 spiro atoms. The number of esters is 1. The van der Waals surface area contributed by atoms with E-state index < -0.39 is 0 Å². The number of rotatable bonds is 8. The molecule has 31 heavy (non-hydrogen) atoms. The van der Waals surface area contributed by atoms with Crippen LogP contribution in [0.3, 0.4) is 0 Å². The molecule has 1 aliphatic rings. The van der Waals surface area contributed by atoms with Crippen LogP contribution in [-0.2, 0) is 14.3 Å². The van der Waals surface area contributed by atoms with Crippen molar-refractivity contribution in [3.05, 3.63) is 30.5 Å². The van der Waals surface area contributed by atoms with E-state index in [1.807, 2.05) is 12.1 Å². The van der Waals surface area contributed by atoms with E-state index in [1.165, 1.54) is 7.11 Å². The summed E-state index contributed by atoms with van der Waals surface area (Å²) in [6.45, 7) is 0.234. The summed E-state index contributed by atoms with van der Waals surface area (Å²) in [5.74, 6) is 0.383. The van der Waals surface area contributed by atoms with Gasteiger partial charge in [0.25, 0.3) is 0 Å². The number of hydrogen-bond acceptors (Lipinski definition) is 9. The van der Waals surface area contributed by atoms with Gasteiger partial charge in [0, 0.05) is 12.0 Å². The Labute approximate surface area is 177 Å². The fraction of sp³-hybridized carbons (Fsp3) is 0.400. The van der Waals surface area contributed by atoms with Gasteiger partial charge >= 0.3 is 5.97 Å². The predicted octanol–water partition coefficient (Wildman–Crippen LogP) is 1.22. The van der Waals surface area contributed by atoms with Crippen LogP contribution in [0.25, 0.3) is 16.9 Å². The molecule has 0 aliphatic heterocycles. The Morgan fingerprint density at radius 3 is 2.77 bits per heavy atom. The summed E-state index contributed by atoms with van der Waals surface area (Å²) in [4.78, 5) is 31.4. The number of primary amides is 1. The van der Waals surface area contributed by atoms with E-state index >= 15 is 0 Å². The number of carbonyl (C=O) groups is 2. The fourth-order valence-electron chi connectivity index (χ4n) is 3.56. The lowest BCUT2D eigenvalue weighted by atomic mass is 10.1. The van der Waals surface area contributed by atoms with E-state index in [1.54, 1.807) is 23.0 Å². The van der Waals surface area contributed by atoms with Crippen molar-refractivity contribution in [1.29, 1.82) is 0 Å². The number of amides is 1. The minimum atomic E-state index is -0.322. The van der Waals surface area contributed by atoms with Gasteiger partial charge in [-0.1, -0.05) is 5.21 Å². The summed E-state index contributed by atoms with van der Waals surface area (Å²) in [6.07, 6.45) is 4.07. The number of carbonyl (C=O) groups excluding carboxylic acids is 2. The van der Waals surface area contributed by atoms with Crippen LogP contribution in [-0.4, -0.2) is 56.6 Å². The summed E-state index contributed by atoms with van der Waals surface area (Å²) in [5.41, 5.74) is 7.28. The van der Waals surface area contributed by atoms with E-state index in [0.717, 1.165) is 18.5 Å². The van der Waals surface area contributed by atoms with Gasteiger partial charge in [-0.2, -0.15) is 9.67 Å². The molecule has 2 atom stereocenters. The molecular formula is C20H23N7O4. The largest absolute Gasteiger partial charge is 0.493 e. The van der Waals surface area contributed by atoms with Crippen LogP contribution < -0.4 is 15.8 Å². The summed E-state index contributed by atoms with van der Waals surface area (Å²) in [5, 5.41) is 11.6. The quantitative estimate of drug-likeness (QED) is 0.508. The molecule has 1 aromatic carbocycles. The average molecular weight is 425 g/mol. The Balaban J connectivity index is 1.46. The minimum absolute atomic E-state index is 0.0979. The second-order valence-corrected chi connectivity index (χ2v) is 7.33. The first-order chi connectivity index (χ1) is 15.0. The van der Waals surface area contributed by atoms with Gasteiger partial charge in [-0.05, 0) is 43.5 Å². The number of aromatic nitrogens is 5. The molecule has 3 aromatic rings. The zero-order valence-corrected chi connectivity index (χ0v) is 17.0. The standard InChI is InChI=1S/C20H23N7O4/c1-30-17(28)8-9-31-15-6-4-14(5-7-15)27-19-16(25-26-27)11-22-20(24-19)23-13-3-2-12(10-13)18(21)29/h4-7,11-13H,2-3,8-10H2,1H3,(H2,21,29)(H,22,23,24)/t12-,13?/m1/s1. The number of nitrogens with one attached hydrogen (secondary N) is 1. The maximum Gasteiger partial charge on any atom is 0.308 e. The Morgan fingerprint density at radius 1 is 1.26 bits per heavy atom. The zero-order chi connectivity index (χ0) is 21.8. The molecule has 1 aliphatic carbocycles. The lowest BCUT2D eigenvalue weighted by Gasteiger charge is -2.12. The normalized spacial score (nSPS) is 18.1. The van der Waals surface area contributed by atoms with E-state index in [9.17, 15) is 9.59 Å². The summed E-state index contributed by atoms with van der Waals surface area (Å²) < 4.78 is 11.7. The van der Waals surface area contributed by atoms with Gasteiger partial charge < -0.3 is 20.5 Å². The Hall–Kier alpha value is -3.76. The molecule has 0 saturated heterocycles. The van der Waals surface area contributed by atoms with Crippen LogP contribution in [0, 0.1) is 5.92 Å². The number of nitrogens with zero attached hydrogens (tertiary/aromatic N) is 5. The van der Waals surface area contributed by atoms with Gasteiger partial charge in [-0.25, -0.2) is 4.98 Å². The maximum atomic E-state index is 11.4. The van der Waals surface area contributed by atoms with Crippen LogP contribution >= 0.6 is 0 Å². The summed E-state index contributed by atoms with van der Waals surface area (Å²) in [6, 6.07) is 7.31. The monoisotopic (exact) mass is 425 g/mol. The molecule has 4 rings (SSSR count). The highest BCUT2D eigenvalue weighted by Gasteiger charge is 2.28. The molecule has 2 aromatic heterocycles. The first-order valence-electron chi connectivity index (χ1n) is 9.98. The molecular weight excluding hydrogens is 402 g/mol. The Kier molecular flexibility index (Phi) is 5.92. The topological polar surface area (TPSA) is 147 Å². The average Bonchev–Trinajstić information content (AvgIpc) is 3.41. The minimum Gasteiger partial charge on any atom is -0.493 e. The second kappa shape index (κ2) is 8.94. The van der Waals surface area contributed by atoms with Gasteiger partial charge in [0.1, 0.15) is 5.75 Å². The molecule has 2 heterocycles. The number of methoxy groups -OCH3 is 1. The van der Waals surface area contributed by atoms with Crippen molar-refractivity contribution in [2.24, 2.45) is 11.7 Å². The zero-order valence-electron chi connectivity index (χ0n) is 17.0. The van der Waals surface area contributed by atoms with Crippen molar-refractivity contribution in [3.63, 3.8) is 0 Å². The van der Waals surface area contributed by atoms with Gasteiger partial charge in [-0.15, -0.1) is 5.10 Å². The van der Waals surface area contributed by atoms with Crippen molar-refractivity contribution in [2.75, 3.05) is 19.0 Å². The third-order valence-corrected chi connectivity index (χ3v) is 5.24. The molecule has 1 amide bonds. The Bertz CT molecular complexity index is 1080. The van der Waals surface area contributed by atoms with Crippen LogP contribution in [0.15, 0.2) is 30.5 Å². The second-order valence-electron chi connectivity index (χ2n) is 7.33. The molecule has 1 saturated carbocycles. The molecule has 3 N–H and O–H groups in total. The molecule has 11 nitrogen and oxygen atoms in total. The fourth-order valence-corrected chi connectivity index (χ4v) is 3.56. The molecule has 0 bridgehead atoms. The molecule has 11 heteroatoms. The lowest BCUT2D eigenvalue weighted by Crippen LogP contribution is -2.23. The number of ether oxygens (including phenoxy) is 2. The van der Waals surface area contributed by atoms with Crippen molar-refractivity contribution in [2.45, 2.75) is 31.7 Å². The van der Waals surface area contributed by atoms with Crippen LogP contribution in [0.4, 0.5) is 5.95 Å². The summed E-state index contributed by atoms with van der Waals surface area (Å²) in [7, 11) is 1.34. The highest BCUT2D eigenvalue weighted by Crippen LogP contribution is 2.27. The smallest absolute Gasteiger partial charge is 0.308 e. The number of fused-ring (bicyclic) bond motifs is 1. The van der Waals surface area contributed by atoms with Crippen molar-refractivity contribution in [3.8, 4) is 11.4 Å². The SMILES string of the molecule is COC(=O)CCOc1ccc(-n2nnc3cnc(NC4CC[C@@H](C(N)=O)C4)nc32)cc1. The number of hydrogen-bond donors (Lipinski definition) is 2. The highest BCUT2D eigenvalue weighted by molar-refractivity contribution is 5.77. The molecule has 162 valence electrons. The Morgan fingerprint density at radius 2 is 2.06 bits per heavy atom. The van der Waals surface area contributed by atoms with E-state index in [-0.39, 0.29) is 36.9 Å². The van der Waals surface area contributed by atoms with Gasteiger partial charge in [0.2, 0.25) is 11.9 Å². The van der Waals surface area contributed by atoms with Crippen LogP contribution in [0.2, 0.25) is 0 Å². The molecule has 1 fully saturated rings. The first kappa shape index (κ1) is 20.5. The van der Waals surface area contributed by atoms with Crippen molar-refractivity contribution < 1.29 is 19.1 Å². The molecule has 1 unspecified atom stereocenters. The van der Waals surface area contributed by atoms with Crippen molar-refractivity contribution in [1.82, 2.24) is 25.0 Å². The van der Waals surface area contributed by atoms with Gasteiger partial charge in [0.15, 0.2) is 11.2 Å². The number of benzene rings is 1.